The number of anilines is 1. The van der Waals surface area contributed by atoms with Gasteiger partial charge in [0.15, 0.2) is 0 Å². The summed E-state index contributed by atoms with van der Waals surface area (Å²) in [5.74, 6) is -0.333. The molecule has 134 valence electrons. The molecule has 0 saturated heterocycles. The summed E-state index contributed by atoms with van der Waals surface area (Å²) in [4.78, 5) is 12.7. The average Bonchev–Trinajstić information content (AvgIpc) is 2.58. The number of hydrogen-bond acceptors (Lipinski definition) is 3. The second-order valence-electron chi connectivity index (χ2n) is 5.50. The van der Waals surface area contributed by atoms with Gasteiger partial charge in [0.2, 0.25) is 10.0 Å². The molecule has 0 aliphatic carbocycles. The van der Waals surface area contributed by atoms with E-state index < -0.39 is 10.0 Å². The van der Waals surface area contributed by atoms with Crippen LogP contribution in [0.1, 0.15) is 29.8 Å². The topological polar surface area (TPSA) is 66.5 Å². The van der Waals surface area contributed by atoms with E-state index in [9.17, 15) is 13.2 Å². The maximum Gasteiger partial charge on any atom is 0.255 e. The van der Waals surface area contributed by atoms with Crippen LogP contribution >= 0.6 is 22.6 Å². The zero-order valence-corrected chi connectivity index (χ0v) is 17.4. The molecule has 7 heteroatoms. The molecule has 0 heterocycles. The van der Waals surface area contributed by atoms with Crippen molar-refractivity contribution in [2.75, 3.05) is 18.4 Å². The number of sulfonamides is 1. The predicted octanol–water partition coefficient (Wildman–Crippen LogP) is 3.88. The van der Waals surface area contributed by atoms with Crippen molar-refractivity contribution in [3.63, 3.8) is 0 Å². The van der Waals surface area contributed by atoms with Crippen molar-refractivity contribution in [1.82, 2.24) is 4.31 Å². The summed E-state index contributed by atoms with van der Waals surface area (Å²) >= 11 is 2.14. The number of para-hydroxylation sites is 1. The molecule has 1 amide bonds. The SMILES string of the molecule is CCN(CC)S(=O)(=O)c1cc(C(=O)Nc2ccccc2I)ccc1C. The van der Waals surface area contributed by atoms with Crippen molar-refractivity contribution < 1.29 is 13.2 Å². The molecule has 0 radical (unpaired) electrons. The lowest BCUT2D eigenvalue weighted by molar-refractivity contribution is 0.102. The van der Waals surface area contributed by atoms with Gasteiger partial charge in [0, 0.05) is 22.2 Å². The normalized spacial score (nSPS) is 11.6. The molecule has 2 aromatic rings. The van der Waals surface area contributed by atoms with Crippen LogP contribution in [0.5, 0.6) is 0 Å². The summed E-state index contributed by atoms with van der Waals surface area (Å²) in [6.45, 7) is 6.10. The van der Waals surface area contributed by atoms with Crippen LogP contribution in [-0.4, -0.2) is 31.7 Å². The highest BCUT2D eigenvalue weighted by molar-refractivity contribution is 14.1. The molecule has 0 aliphatic rings. The van der Waals surface area contributed by atoms with Crippen LogP contribution in [0, 0.1) is 10.5 Å². The van der Waals surface area contributed by atoms with Crippen LogP contribution in [0.3, 0.4) is 0 Å². The Labute approximate surface area is 162 Å². The van der Waals surface area contributed by atoms with Crippen molar-refractivity contribution in [2.24, 2.45) is 0 Å². The number of halogens is 1. The number of nitrogens with one attached hydrogen (secondary N) is 1. The first-order valence-electron chi connectivity index (χ1n) is 7.98. The quantitative estimate of drug-likeness (QED) is 0.649. The third-order valence-electron chi connectivity index (χ3n) is 3.90. The molecule has 2 aromatic carbocycles. The molecular weight excluding hydrogens is 451 g/mol. The van der Waals surface area contributed by atoms with Gasteiger partial charge < -0.3 is 5.32 Å². The van der Waals surface area contributed by atoms with E-state index in [1.54, 1.807) is 39.0 Å². The van der Waals surface area contributed by atoms with Crippen molar-refractivity contribution in [3.8, 4) is 0 Å². The molecule has 0 unspecified atom stereocenters. The number of nitrogens with zero attached hydrogens (tertiary/aromatic N) is 1. The summed E-state index contributed by atoms with van der Waals surface area (Å²) in [5.41, 5.74) is 1.63. The standard InChI is InChI=1S/C18H21IN2O3S/c1-4-21(5-2)25(23,24)17-12-14(11-10-13(17)3)18(22)20-16-9-7-6-8-15(16)19/h6-12H,4-5H2,1-3H3,(H,20,22). The molecular formula is C18H21IN2O3S. The Morgan fingerprint density at radius 1 is 1.12 bits per heavy atom. The van der Waals surface area contributed by atoms with Gasteiger partial charge in [-0.3, -0.25) is 4.79 Å². The van der Waals surface area contributed by atoms with Crippen molar-refractivity contribution in [3.05, 3.63) is 57.2 Å². The summed E-state index contributed by atoms with van der Waals surface area (Å²) in [5, 5.41) is 2.83. The monoisotopic (exact) mass is 472 g/mol. The lowest BCUT2D eigenvalue weighted by Gasteiger charge is -2.20. The number of amides is 1. The molecule has 0 aliphatic heterocycles. The zero-order valence-electron chi connectivity index (χ0n) is 14.4. The van der Waals surface area contributed by atoms with Gasteiger partial charge in [0.1, 0.15) is 0 Å². The van der Waals surface area contributed by atoms with E-state index in [1.165, 1.54) is 10.4 Å². The smallest absolute Gasteiger partial charge is 0.255 e. The van der Waals surface area contributed by atoms with Crippen molar-refractivity contribution in [2.45, 2.75) is 25.7 Å². The first-order chi connectivity index (χ1) is 11.8. The van der Waals surface area contributed by atoms with Gasteiger partial charge in [-0.25, -0.2) is 8.42 Å². The first kappa shape index (κ1) is 19.9. The Kier molecular flexibility index (Phi) is 6.59. The number of aryl methyl sites for hydroxylation is 1. The average molecular weight is 472 g/mol. The highest BCUT2D eigenvalue weighted by Gasteiger charge is 2.24. The minimum atomic E-state index is -3.62. The van der Waals surface area contributed by atoms with E-state index in [4.69, 9.17) is 0 Å². The number of hydrogen-bond donors (Lipinski definition) is 1. The molecule has 0 aromatic heterocycles. The highest BCUT2D eigenvalue weighted by Crippen LogP contribution is 2.23. The lowest BCUT2D eigenvalue weighted by atomic mass is 10.1. The molecule has 0 bridgehead atoms. The largest absolute Gasteiger partial charge is 0.321 e. The second-order valence-corrected chi connectivity index (χ2v) is 8.57. The molecule has 0 atom stereocenters. The maximum atomic E-state index is 12.8. The van der Waals surface area contributed by atoms with Crippen LogP contribution in [0.2, 0.25) is 0 Å². The number of carbonyl (C=O) groups is 1. The zero-order chi connectivity index (χ0) is 18.6. The number of benzene rings is 2. The molecule has 0 spiro atoms. The predicted molar refractivity (Wildman–Crippen MR) is 108 cm³/mol. The molecule has 2 rings (SSSR count). The van der Waals surface area contributed by atoms with E-state index in [2.05, 4.69) is 27.9 Å². The van der Waals surface area contributed by atoms with Crippen LogP contribution in [0.4, 0.5) is 5.69 Å². The summed E-state index contributed by atoms with van der Waals surface area (Å²) in [6, 6.07) is 12.2. The Morgan fingerprint density at radius 3 is 2.36 bits per heavy atom. The van der Waals surface area contributed by atoms with Gasteiger partial charge >= 0.3 is 0 Å². The van der Waals surface area contributed by atoms with Gasteiger partial charge in [-0.2, -0.15) is 4.31 Å². The van der Waals surface area contributed by atoms with E-state index in [0.29, 0.717) is 29.9 Å². The lowest BCUT2D eigenvalue weighted by Crippen LogP contribution is -2.31. The molecule has 25 heavy (non-hydrogen) atoms. The van der Waals surface area contributed by atoms with Gasteiger partial charge in [-0.05, 0) is 59.3 Å². The summed E-state index contributed by atoms with van der Waals surface area (Å²) in [7, 11) is -3.62. The molecule has 5 nitrogen and oxygen atoms in total. The van der Waals surface area contributed by atoms with Crippen LogP contribution in [0.25, 0.3) is 0 Å². The van der Waals surface area contributed by atoms with Crippen LogP contribution in [-0.2, 0) is 10.0 Å². The Hall–Kier alpha value is -1.45. The minimum absolute atomic E-state index is 0.173. The van der Waals surface area contributed by atoms with Gasteiger partial charge in [-0.15, -0.1) is 0 Å². The summed E-state index contributed by atoms with van der Waals surface area (Å²) < 4.78 is 27.9. The Balaban J connectivity index is 2.39. The third-order valence-corrected chi connectivity index (χ3v) is 7.03. The highest BCUT2D eigenvalue weighted by atomic mass is 127. The van der Waals surface area contributed by atoms with Crippen LogP contribution in [0.15, 0.2) is 47.4 Å². The molecule has 0 saturated carbocycles. The minimum Gasteiger partial charge on any atom is -0.321 e. The molecule has 0 fully saturated rings. The fourth-order valence-electron chi connectivity index (χ4n) is 2.48. The van der Waals surface area contributed by atoms with E-state index in [-0.39, 0.29) is 10.8 Å². The van der Waals surface area contributed by atoms with E-state index >= 15 is 0 Å². The maximum absolute atomic E-state index is 12.8. The van der Waals surface area contributed by atoms with Crippen molar-refractivity contribution >= 4 is 44.2 Å². The number of carbonyl (C=O) groups excluding carboxylic acids is 1. The number of rotatable bonds is 6. The summed E-state index contributed by atoms with van der Waals surface area (Å²) in [6.07, 6.45) is 0. The molecule has 1 N–H and O–H groups in total. The van der Waals surface area contributed by atoms with Crippen molar-refractivity contribution in [1.29, 1.82) is 0 Å². The Bertz CT molecular complexity index is 878. The van der Waals surface area contributed by atoms with Gasteiger partial charge in [0.05, 0.1) is 10.6 Å². The van der Waals surface area contributed by atoms with E-state index in [1.807, 2.05) is 18.2 Å². The fraction of sp³-hybridized carbons (Fsp3) is 0.278. The first-order valence-corrected chi connectivity index (χ1v) is 10.5. The fourth-order valence-corrected chi connectivity index (χ4v) is 4.71. The Morgan fingerprint density at radius 2 is 1.76 bits per heavy atom. The second kappa shape index (κ2) is 8.29. The van der Waals surface area contributed by atoms with Crippen LogP contribution < -0.4 is 5.32 Å². The van der Waals surface area contributed by atoms with E-state index in [0.717, 1.165) is 3.57 Å². The third kappa shape index (κ3) is 4.39. The van der Waals surface area contributed by atoms with Gasteiger partial charge in [0.25, 0.3) is 5.91 Å². The van der Waals surface area contributed by atoms with Gasteiger partial charge in [-0.1, -0.05) is 32.0 Å².